The van der Waals surface area contributed by atoms with E-state index in [0.29, 0.717) is 28.8 Å². The van der Waals surface area contributed by atoms with E-state index < -0.39 is 5.97 Å². The van der Waals surface area contributed by atoms with Gasteiger partial charge in [-0.05, 0) is 31.2 Å². The van der Waals surface area contributed by atoms with E-state index >= 15 is 0 Å². The molecule has 0 amide bonds. The van der Waals surface area contributed by atoms with Gasteiger partial charge in [0.25, 0.3) is 0 Å². The van der Waals surface area contributed by atoms with E-state index in [9.17, 15) is 4.79 Å². The van der Waals surface area contributed by atoms with E-state index in [1.165, 1.54) is 0 Å². The number of hydrogen-bond acceptors (Lipinski definition) is 6. The van der Waals surface area contributed by atoms with Crippen molar-refractivity contribution in [3.63, 3.8) is 0 Å². The molecule has 1 aliphatic heterocycles. The Morgan fingerprint density at radius 2 is 1.96 bits per heavy atom. The topological polar surface area (TPSA) is 66.3 Å². The van der Waals surface area contributed by atoms with Crippen molar-refractivity contribution in [3.05, 3.63) is 58.1 Å². The van der Waals surface area contributed by atoms with Crippen molar-refractivity contribution in [1.29, 1.82) is 0 Å². The number of nitrogens with zero attached hydrogens (tertiary/aromatic N) is 1. The average molecular weight is 376 g/mol. The summed E-state index contributed by atoms with van der Waals surface area (Å²) < 4.78 is 16.5. The Balaban J connectivity index is 1.95. The molecule has 136 valence electrons. The maximum atomic E-state index is 12.3. The third-order valence-corrected chi connectivity index (χ3v) is 4.44. The van der Waals surface area contributed by atoms with Crippen molar-refractivity contribution in [3.8, 4) is 11.5 Å². The van der Waals surface area contributed by atoms with Crippen LogP contribution in [0.1, 0.15) is 28.4 Å². The number of carbonyl (C=O) groups is 1. The van der Waals surface area contributed by atoms with Gasteiger partial charge in [0.05, 0.1) is 31.4 Å². The number of benzene rings is 2. The lowest BCUT2D eigenvalue weighted by atomic mass is 9.96. The maximum absolute atomic E-state index is 12.3. The highest BCUT2D eigenvalue weighted by atomic mass is 35.5. The molecule has 0 saturated heterocycles. The lowest BCUT2D eigenvalue weighted by Gasteiger charge is -2.26. The van der Waals surface area contributed by atoms with Gasteiger partial charge in [-0.1, -0.05) is 28.9 Å². The van der Waals surface area contributed by atoms with Crippen LogP contribution in [0.4, 0.5) is 0 Å². The standard InChI is InChI=1S/C19H18ClNO5/c1-11-17(21-26-19(22)13-6-4-5-7-15(13)20)12-8-9-16(23-2)18(24-3)14(12)10-25-11/h4-9,11H,10H2,1-3H3/b21-17-. The average Bonchev–Trinajstić information content (AvgIpc) is 2.66. The van der Waals surface area contributed by atoms with E-state index in [4.69, 9.17) is 30.6 Å². The van der Waals surface area contributed by atoms with Gasteiger partial charge in [-0.15, -0.1) is 0 Å². The van der Waals surface area contributed by atoms with Gasteiger partial charge in [0, 0.05) is 11.1 Å². The molecule has 0 aromatic heterocycles. The molecule has 0 N–H and O–H groups in total. The van der Waals surface area contributed by atoms with E-state index in [0.717, 1.165) is 11.1 Å². The summed E-state index contributed by atoms with van der Waals surface area (Å²) in [5.41, 5.74) is 2.31. The van der Waals surface area contributed by atoms with Crippen LogP contribution in [0, 0.1) is 0 Å². The van der Waals surface area contributed by atoms with Crippen molar-refractivity contribution in [2.75, 3.05) is 14.2 Å². The first kappa shape index (κ1) is 18.2. The molecule has 7 heteroatoms. The van der Waals surface area contributed by atoms with Gasteiger partial charge < -0.3 is 19.0 Å². The number of rotatable bonds is 4. The van der Waals surface area contributed by atoms with Crippen LogP contribution in [0.2, 0.25) is 5.02 Å². The largest absolute Gasteiger partial charge is 0.493 e. The van der Waals surface area contributed by atoms with Gasteiger partial charge in [0.15, 0.2) is 11.5 Å². The zero-order chi connectivity index (χ0) is 18.7. The molecule has 6 nitrogen and oxygen atoms in total. The summed E-state index contributed by atoms with van der Waals surface area (Å²) in [7, 11) is 3.13. The van der Waals surface area contributed by atoms with Crippen LogP contribution < -0.4 is 9.47 Å². The molecule has 0 spiro atoms. The molecule has 2 aromatic rings. The van der Waals surface area contributed by atoms with Crippen molar-refractivity contribution in [2.45, 2.75) is 19.6 Å². The molecule has 3 rings (SSSR count). The molecule has 1 unspecified atom stereocenters. The van der Waals surface area contributed by atoms with E-state index in [1.807, 2.05) is 13.0 Å². The summed E-state index contributed by atoms with van der Waals surface area (Å²) in [4.78, 5) is 17.4. The highest BCUT2D eigenvalue weighted by Gasteiger charge is 2.28. The van der Waals surface area contributed by atoms with Gasteiger partial charge >= 0.3 is 5.97 Å². The summed E-state index contributed by atoms with van der Waals surface area (Å²) >= 11 is 6.02. The molecule has 0 radical (unpaired) electrons. The first-order valence-electron chi connectivity index (χ1n) is 7.96. The number of methoxy groups -OCH3 is 2. The Labute approximate surface area is 156 Å². The minimum Gasteiger partial charge on any atom is -0.493 e. The van der Waals surface area contributed by atoms with Crippen LogP contribution in [-0.4, -0.2) is 32.0 Å². The minimum absolute atomic E-state index is 0.246. The summed E-state index contributed by atoms with van der Waals surface area (Å²) in [5, 5.41) is 4.34. The van der Waals surface area contributed by atoms with Gasteiger partial charge in [0.2, 0.25) is 0 Å². The Morgan fingerprint density at radius 1 is 1.19 bits per heavy atom. The van der Waals surface area contributed by atoms with Crippen molar-refractivity contribution < 1.29 is 23.8 Å². The number of ether oxygens (including phenoxy) is 3. The Bertz CT molecular complexity index is 865. The molecule has 1 atom stereocenters. The third-order valence-electron chi connectivity index (χ3n) is 4.11. The predicted molar refractivity (Wildman–Crippen MR) is 97.2 cm³/mol. The highest BCUT2D eigenvalue weighted by molar-refractivity contribution is 6.33. The second kappa shape index (κ2) is 7.76. The van der Waals surface area contributed by atoms with E-state index in [2.05, 4.69) is 5.16 Å². The molecule has 0 aliphatic carbocycles. The van der Waals surface area contributed by atoms with Crippen LogP contribution in [0.25, 0.3) is 0 Å². The van der Waals surface area contributed by atoms with Crippen molar-refractivity contribution >= 4 is 23.3 Å². The Hall–Kier alpha value is -2.57. The molecule has 0 fully saturated rings. The monoisotopic (exact) mass is 375 g/mol. The van der Waals surface area contributed by atoms with Crippen LogP contribution in [0.3, 0.4) is 0 Å². The lowest BCUT2D eigenvalue weighted by Crippen LogP contribution is -2.29. The fourth-order valence-corrected chi connectivity index (χ4v) is 2.98. The quantitative estimate of drug-likeness (QED) is 0.600. The SMILES string of the molecule is COc1ccc2c(c1OC)COC(C)/C2=N/OC(=O)c1ccccc1Cl. The van der Waals surface area contributed by atoms with Crippen LogP contribution in [0.5, 0.6) is 11.5 Å². The number of hydrogen-bond donors (Lipinski definition) is 0. The lowest BCUT2D eigenvalue weighted by molar-refractivity contribution is 0.0490. The summed E-state index contributed by atoms with van der Waals surface area (Å²) in [6.45, 7) is 2.18. The normalized spacial score (nSPS) is 17.5. The summed E-state index contributed by atoms with van der Waals surface area (Å²) in [6, 6.07) is 10.3. The van der Waals surface area contributed by atoms with Crippen molar-refractivity contribution in [2.24, 2.45) is 5.16 Å². The summed E-state index contributed by atoms with van der Waals surface area (Å²) in [6.07, 6.45) is -0.348. The first-order chi connectivity index (χ1) is 12.6. The molecule has 26 heavy (non-hydrogen) atoms. The number of oxime groups is 1. The zero-order valence-corrected chi connectivity index (χ0v) is 15.4. The predicted octanol–water partition coefficient (Wildman–Crippen LogP) is 3.84. The van der Waals surface area contributed by atoms with Gasteiger partial charge in [-0.2, -0.15) is 0 Å². The number of carbonyl (C=O) groups excluding carboxylic acids is 1. The molecule has 1 heterocycles. The second-order valence-electron chi connectivity index (χ2n) is 5.62. The highest BCUT2D eigenvalue weighted by Crippen LogP contribution is 2.37. The fraction of sp³-hybridized carbons (Fsp3) is 0.263. The van der Waals surface area contributed by atoms with E-state index in [1.54, 1.807) is 44.6 Å². The van der Waals surface area contributed by atoms with E-state index in [-0.39, 0.29) is 11.7 Å². The van der Waals surface area contributed by atoms with Crippen LogP contribution >= 0.6 is 11.6 Å². The van der Waals surface area contributed by atoms with Crippen LogP contribution in [-0.2, 0) is 16.2 Å². The Kier molecular flexibility index (Phi) is 5.44. The summed E-state index contributed by atoms with van der Waals surface area (Å²) in [5.74, 6) is 0.529. The second-order valence-corrected chi connectivity index (χ2v) is 6.02. The smallest absolute Gasteiger partial charge is 0.367 e. The molecule has 0 saturated carbocycles. The number of halogens is 1. The van der Waals surface area contributed by atoms with Crippen molar-refractivity contribution in [1.82, 2.24) is 0 Å². The third kappa shape index (κ3) is 3.38. The molecule has 0 bridgehead atoms. The Morgan fingerprint density at radius 3 is 2.65 bits per heavy atom. The molecular formula is C19H18ClNO5. The first-order valence-corrected chi connectivity index (χ1v) is 8.34. The zero-order valence-electron chi connectivity index (χ0n) is 14.6. The van der Waals surface area contributed by atoms with Gasteiger partial charge in [0.1, 0.15) is 11.8 Å². The molecule has 1 aliphatic rings. The maximum Gasteiger partial charge on any atom is 0.367 e. The minimum atomic E-state index is -0.636. The van der Waals surface area contributed by atoms with Gasteiger partial charge in [-0.3, -0.25) is 0 Å². The number of fused-ring (bicyclic) bond motifs is 1. The van der Waals surface area contributed by atoms with Crippen LogP contribution in [0.15, 0.2) is 41.6 Å². The van der Waals surface area contributed by atoms with Gasteiger partial charge in [-0.25, -0.2) is 4.79 Å². The molecular weight excluding hydrogens is 358 g/mol. The molecule has 2 aromatic carbocycles. The fourth-order valence-electron chi connectivity index (χ4n) is 2.77.